The lowest BCUT2D eigenvalue weighted by Gasteiger charge is -2.12. The minimum absolute atomic E-state index is 0.0130. The number of hydrogen-bond acceptors (Lipinski definition) is 3. The SMILES string of the molecule is COc1ccccc1C1=C(C)C(C)=C(c2ccccc2OC)C1=O. The highest BCUT2D eigenvalue weighted by Gasteiger charge is 2.32. The number of methoxy groups -OCH3 is 2. The van der Waals surface area contributed by atoms with Crippen LogP contribution in [0.5, 0.6) is 11.5 Å². The lowest BCUT2D eigenvalue weighted by molar-refractivity contribution is -0.108. The second-order valence-electron chi connectivity index (χ2n) is 5.73. The minimum Gasteiger partial charge on any atom is -0.496 e. The molecule has 1 aliphatic rings. The molecule has 3 nitrogen and oxygen atoms in total. The fourth-order valence-corrected chi connectivity index (χ4v) is 3.19. The van der Waals surface area contributed by atoms with Crippen LogP contribution in [-0.2, 0) is 4.79 Å². The van der Waals surface area contributed by atoms with Gasteiger partial charge in [0.25, 0.3) is 0 Å². The van der Waals surface area contributed by atoms with E-state index in [1.807, 2.05) is 62.4 Å². The van der Waals surface area contributed by atoms with Gasteiger partial charge in [-0.3, -0.25) is 4.79 Å². The third-order valence-electron chi connectivity index (χ3n) is 4.52. The van der Waals surface area contributed by atoms with Crippen molar-refractivity contribution < 1.29 is 14.3 Å². The molecule has 2 aromatic carbocycles. The molecule has 0 aromatic heterocycles. The number of Topliss-reactive ketones (excluding diaryl/α,β-unsaturated/α-hetero) is 1. The molecule has 3 rings (SSSR count). The number of allylic oxidation sites excluding steroid dienone is 4. The smallest absolute Gasteiger partial charge is 0.195 e. The van der Waals surface area contributed by atoms with E-state index in [1.54, 1.807) is 14.2 Å². The third kappa shape index (κ3) is 2.42. The molecule has 0 spiro atoms. The third-order valence-corrected chi connectivity index (χ3v) is 4.52. The van der Waals surface area contributed by atoms with Gasteiger partial charge in [-0.25, -0.2) is 0 Å². The average Bonchev–Trinajstić information content (AvgIpc) is 2.84. The summed E-state index contributed by atoms with van der Waals surface area (Å²) < 4.78 is 10.9. The van der Waals surface area contributed by atoms with Gasteiger partial charge in [0.1, 0.15) is 11.5 Å². The highest BCUT2D eigenvalue weighted by Crippen LogP contribution is 2.44. The van der Waals surface area contributed by atoms with Crippen molar-refractivity contribution in [3.63, 3.8) is 0 Å². The van der Waals surface area contributed by atoms with Crippen molar-refractivity contribution in [1.29, 1.82) is 0 Å². The summed E-state index contributed by atoms with van der Waals surface area (Å²) in [5.41, 5.74) is 5.01. The van der Waals surface area contributed by atoms with Crippen molar-refractivity contribution >= 4 is 16.9 Å². The predicted octanol–water partition coefficient (Wildman–Crippen LogP) is 4.53. The summed E-state index contributed by atoms with van der Waals surface area (Å²) >= 11 is 0. The van der Waals surface area contributed by atoms with Gasteiger partial charge in [0.05, 0.1) is 14.2 Å². The molecule has 0 heterocycles. The van der Waals surface area contributed by atoms with Crippen molar-refractivity contribution in [1.82, 2.24) is 0 Å². The van der Waals surface area contributed by atoms with Crippen LogP contribution in [-0.4, -0.2) is 20.0 Å². The average molecular weight is 320 g/mol. The Morgan fingerprint density at radius 1 is 0.667 bits per heavy atom. The van der Waals surface area contributed by atoms with Crippen LogP contribution >= 0.6 is 0 Å². The zero-order valence-corrected chi connectivity index (χ0v) is 14.3. The molecule has 0 N–H and O–H groups in total. The molecule has 0 amide bonds. The minimum atomic E-state index is 0.0130. The van der Waals surface area contributed by atoms with E-state index < -0.39 is 0 Å². The quantitative estimate of drug-likeness (QED) is 0.830. The Kier molecular flexibility index (Phi) is 4.26. The number of carbonyl (C=O) groups excluding carboxylic acids is 1. The molecule has 0 unspecified atom stereocenters. The van der Waals surface area contributed by atoms with E-state index in [2.05, 4.69) is 0 Å². The number of ether oxygens (including phenoxy) is 2. The zero-order chi connectivity index (χ0) is 17.3. The van der Waals surface area contributed by atoms with E-state index in [1.165, 1.54) is 0 Å². The summed E-state index contributed by atoms with van der Waals surface area (Å²) in [6, 6.07) is 15.2. The molecular formula is C21H20O3. The van der Waals surface area contributed by atoms with Crippen molar-refractivity contribution in [3.8, 4) is 11.5 Å². The Hall–Kier alpha value is -2.81. The van der Waals surface area contributed by atoms with E-state index in [9.17, 15) is 4.79 Å². The monoisotopic (exact) mass is 320 g/mol. The van der Waals surface area contributed by atoms with Gasteiger partial charge in [0, 0.05) is 22.3 Å². The van der Waals surface area contributed by atoms with E-state index in [0.717, 1.165) is 22.3 Å². The molecule has 1 aliphatic carbocycles. The predicted molar refractivity (Wildman–Crippen MR) is 96.2 cm³/mol. The Morgan fingerprint density at radius 2 is 1.04 bits per heavy atom. The van der Waals surface area contributed by atoms with Gasteiger partial charge in [-0.1, -0.05) is 36.4 Å². The molecule has 0 aliphatic heterocycles. The maximum absolute atomic E-state index is 13.2. The van der Waals surface area contributed by atoms with Crippen LogP contribution in [0, 0.1) is 0 Å². The Bertz CT molecular complexity index is 801. The lowest BCUT2D eigenvalue weighted by atomic mass is 9.95. The molecular weight excluding hydrogens is 300 g/mol. The normalized spacial score (nSPS) is 14.4. The van der Waals surface area contributed by atoms with Crippen LogP contribution in [0.2, 0.25) is 0 Å². The van der Waals surface area contributed by atoms with Gasteiger partial charge in [0.15, 0.2) is 5.78 Å². The largest absolute Gasteiger partial charge is 0.496 e. The number of hydrogen-bond donors (Lipinski definition) is 0. The van der Waals surface area contributed by atoms with Gasteiger partial charge in [-0.2, -0.15) is 0 Å². The van der Waals surface area contributed by atoms with E-state index in [-0.39, 0.29) is 5.78 Å². The van der Waals surface area contributed by atoms with Crippen LogP contribution < -0.4 is 9.47 Å². The van der Waals surface area contributed by atoms with Gasteiger partial charge >= 0.3 is 0 Å². The molecule has 0 radical (unpaired) electrons. The van der Waals surface area contributed by atoms with Crippen LogP contribution in [0.1, 0.15) is 25.0 Å². The van der Waals surface area contributed by atoms with Gasteiger partial charge in [-0.05, 0) is 37.1 Å². The number of carbonyl (C=O) groups is 1. The highest BCUT2D eigenvalue weighted by molar-refractivity contribution is 6.47. The van der Waals surface area contributed by atoms with Gasteiger partial charge in [-0.15, -0.1) is 0 Å². The second kappa shape index (κ2) is 6.36. The van der Waals surface area contributed by atoms with Crippen LogP contribution in [0.3, 0.4) is 0 Å². The number of rotatable bonds is 4. The molecule has 0 saturated heterocycles. The topological polar surface area (TPSA) is 35.5 Å². The zero-order valence-electron chi connectivity index (χ0n) is 14.3. The first-order valence-electron chi connectivity index (χ1n) is 7.83. The Balaban J connectivity index is 2.15. The summed E-state index contributed by atoms with van der Waals surface area (Å²) in [6.07, 6.45) is 0. The molecule has 122 valence electrons. The highest BCUT2D eigenvalue weighted by atomic mass is 16.5. The lowest BCUT2D eigenvalue weighted by Crippen LogP contribution is -2.04. The fourth-order valence-electron chi connectivity index (χ4n) is 3.19. The summed E-state index contributed by atoms with van der Waals surface area (Å²) in [5, 5.41) is 0. The maximum atomic E-state index is 13.2. The van der Waals surface area contributed by atoms with E-state index in [0.29, 0.717) is 22.6 Å². The summed E-state index contributed by atoms with van der Waals surface area (Å²) in [6.45, 7) is 3.97. The first kappa shape index (κ1) is 16.1. The summed E-state index contributed by atoms with van der Waals surface area (Å²) in [4.78, 5) is 13.2. The van der Waals surface area contributed by atoms with E-state index in [4.69, 9.17) is 9.47 Å². The molecule has 0 bridgehead atoms. The molecule has 2 aromatic rings. The second-order valence-corrected chi connectivity index (χ2v) is 5.73. The summed E-state index contributed by atoms with van der Waals surface area (Å²) in [7, 11) is 3.24. The van der Waals surface area contributed by atoms with Crippen LogP contribution in [0.4, 0.5) is 0 Å². The first-order valence-corrected chi connectivity index (χ1v) is 7.83. The first-order chi connectivity index (χ1) is 11.6. The fraction of sp³-hybridized carbons (Fsp3) is 0.190. The molecule has 24 heavy (non-hydrogen) atoms. The Morgan fingerprint density at radius 3 is 1.42 bits per heavy atom. The number of benzene rings is 2. The van der Waals surface area contributed by atoms with Crippen molar-refractivity contribution in [3.05, 3.63) is 70.8 Å². The Labute approximate surface area is 142 Å². The van der Waals surface area contributed by atoms with Gasteiger partial charge in [0.2, 0.25) is 0 Å². The van der Waals surface area contributed by atoms with E-state index >= 15 is 0 Å². The van der Waals surface area contributed by atoms with Crippen molar-refractivity contribution in [2.45, 2.75) is 13.8 Å². The van der Waals surface area contributed by atoms with Gasteiger partial charge < -0.3 is 9.47 Å². The molecule has 3 heteroatoms. The summed E-state index contributed by atoms with van der Waals surface area (Å²) in [5.74, 6) is 1.42. The van der Waals surface area contributed by atoms with Crippen molar-refractivity contribution in [2.75, 3.05) is 14.2 Å². The molecule has 0 saturated carbocycles. The molecule has 0 fully saturated rings. The van der Waals surface area contributed by atoms with Crippen molar-refractivity contribution in [2.24, 2.45) is 0 Å². The molecule has 0 atom stereocenters. The van der Waals surface area contributed by atoms with Crippen LogP contribution in [0.15, 0.2) is 59.7 Å². The standard InChI is InChI=1S/C21H20O3/c1-13-14(2)20(16-10-6-8-12-18(16)24-4)21(22)19(13)15-9-5-7-11-17(15)23-3/h5-12H,1-4H3. The maximum Gasteiger partial charge on any atom is 0.195 e. The number of para-hydroxylation sites is 2. The number of ketones is 1. The van der Waals surface area contributed by atoms with Crippen LogP contribution in [0.25, 0.3) is 11.1 Å².